The van der Waals surface area contributed by atoms with Crippen molar-refractivity contribution in [2.75, 3.05) is 0 Å². The third-order valence-electron chi connectivity index (χ3n) is 2.86. The molecule has 2 aromatic heterocycles. The van der Waals surface area contributed by atoms with E-state index in [2.05, 4.69) is 15.3 Å². The fourth-order valence-corrected chi connectivity index (χ4v) is 2.59. The molecular weight excluding hydrogens is 274 g/mol. The summed E-state index contributed by atoms with van der Waals surface area (Å²) in [4.78, 5) is 20.8. The summed E-state index contributed by atoms with van der Waals surface area (Å²) in [5.74, 6) is -0.249. The van der Waals surface area contributed by atoms with E-state index < -0.39 is 6.10 Å². The summed E-state index contributed by atoms with van der Waals surface area (Å²) < 4.78 is 0. The molecule has 2 aromatic rings. The molecule has 2 rings (SSSR count). The van der Waals surface area contributed by atoms with Gasteiger partial charge in [-0.25, -0.2) is 9.97 Å². The lowest BCUT2D eigenvalue weighted by atomic mass is 10.1. The molecule has 6 heteroatoms. The zero-order valence-corrected chi connectivity index (χ0v) is 12.2. The second-order valence-electron chi connectivity index (χ2n) is 4.69. The minimum atomic E-state index is -0.558. The van der Waals surface area contributed by atoms with Gasteiger partial charge < -0.3 is 10.4 Å². The van der Waals surface area contributed by atoms with Gasteiger partial charge in [-0.15, -0.1) is 11.3 Å². The van der Waals surface area contributed by atoms with E-state index in [-0.39, 0.29) is 11.9 Å². The van der Waals surface area contributed by atoms with Crippen molar-refractivity contribution in [3.8, 4) is 0 Å². The summed E-state index contributed by atoms with van der Waals surface area (Å²) >= 11 is 1.51. The number of hydrogen-bond donors (Lipinski definition) is 2. The third-order valence-corrected chi connectivity index (χ3v) is 3.84. The first-order valence-corrected chi connectivity index (χ1v) is 7.25. The summed E-state index contributed by atoms with van der Waals surface area (Å²) in [7, 11) is 0. The van der Waals surface area contributed by atoms with Crippen molar-refractivity contribution >= 4 is 17.2 Å². The van der Waals surface area contributed by atoms with Crippen LogP contribution in [0.2, 0.25) is 0 Å². The smallest absolute Gasteiger partial charge is 0.270 e. The highest BCUT2D eigenvalue weighted by atomic mass is 32.1. The summed E-state index contributed by atoms with van der Waals surface area (Å²) in [5, 5.41) is 14.8. The molecule has 2 heterocycles. The monoisotopic (exact) mass is 291 g/mol. The van der Waals surface area contributed by atoms with E-state index in [1.165, 1.54) is 17.7 Å². The molecule has 2 atom stereocenters. The summed E-state index contributed by atoms with van der Waals surface area (Å²) in [5.41, 5.74) is 1.09. The molecule has 0 saturated carbocycles. The van der Waals surface area contributed by atoms with Crippen molar-refractivity contribution in [3.05, 3.63) is 46.2 Å². The first-order chi connectivity index (χ1) is 9.56. The second-order valence-corrected chi connectivity index (χ2v) is 5.67. The number of aliphatic hydroxyl groups excluding tert-OH is 1. The van der Waals surface area contributed by atoms with Crippen LogP contribution in [0, 0.1) is 6.92 Å². The van der Waals surface area contributed by atoms with Crippen LogP contribution in [-0.2, 0) is 0 Å². The van der Waals surface area contributed by atoms with Gasteiger partial charge in [-0.1, -0.05) is 6.07 Å². The quantitative estimate of drug-likeness (QED) is 0.884. The lowest BCUT2D eigenvalue weighted by Gasteiger charge is -2.17. The van der Waals surface area contributed by atoms with E-state index in [0.29, 0.717) is 12.1 Å². The maximum absolute atomic E-state index is 12.0. The highest BCUT2D eigenvalue weighted by Crippen LogP contribution is 2.22. The average molecular weight is 291 g/mol. The average Bonchev–Trinajstić information content (AvgIpc) is 2.92. The minimum Gasteiger partial charge on any atom is -0.387 e. The van der Waals surface area contributed by atoms with Crippen LogP contribution in [-0.4, -0.2) is 27.0 Å². The van der Waals surface area contributed by atoms with Crippen LogP contribution in [0.15, 0.2) is 29.9 Å². The molecule has 20 heavy (non-hydrogen) atoms. The Balaban J connectivity index is 1.91. The predicted octanol–water partition coefficient (Wildman–Crippen LogP) is 2.09. The number of aromatic nitrogens is 2. The van der Waals surface area contributed by atoms with Gasteiger partial charge in [0.05, 0.1) is 6.10 Å². The summed E-state index contributed by atoms with van der Waals surface area (Å²) in [6.45, 7) is 3.67. The van der Waals surface area contributed by atoms with Crippen LogP contribution in [0.4, 0.5) is 0 Å². The Morgan fingerprint density at radius 2 is 2.30 bits per heavy atom. The number of carbonyl (C=O) groups excluding carboxylic acids is 1. The lowest BCUT2D eigenvalue weighted by Crippen LogP contribution is -2.34. The van der Waals surface area contributed by atoms with E-state index in [4.69, 9.17) is 0 Å². The maximum Gasteiger partial charge on any atom is 0.270 e. The number of aliphatic hydroxyl groups is 1. The Morgan fingerprint density at radius 1 is 1.50 bits per heavy atom. The van der Waals surface area contributed by atoms with E-state index in [1.54, 1.807) is 6.07 Å². The maximum atomic E-state index is 12.0. The molecule has 0 aromatic carbocycles. The van der Waals surface area contributed by atoms with E-state index in [1.807, 2.05) is 31.4 Å². The van der Waals surface area contributed by atoms with Crippen LogP contribution >= 0.6 is 11.3 Å². The Morgan fingerprint density at radius 3 is 2.95 bits per heavy atom. The van der Waals surface area contributed by atoms with Gasteiger partial charge in [0.2, 0.25) is 0 Å². The van der Waals surface area contributed by atoms with Gasteiger partial charge in [-0.3, -0.25) is 4.79 Å². The molecular formula is C14H17N3O2S. The molecule has 1 amide bonds. The van der Waals surface area contributed by atoms with Crippen molar-refractivity contribution in [2.24, 2.45) is 0 Å². The molecule has 0 aliphatic rings. The molecule has 0 radical (unpaired) electrons. The van der Waals surface area contributed by atoms with Crippen LogP contribution in [0.25, 0.3) is 0 Å². The van der Waals surface area contributed by atoms with Gasteiger partial charge in [0.25, 0.3) is 5.91 Å². The Labute approximate surface area is 121 Å². The number of hydrogen-bond acceptors (Lipinski definition) is 5. The number of aryl methyl sites for hydroxylation is 1. The topological polar surface area (TPSA) is 75.1 Å². The Kier molecular flexibility index (Phi) is 4.81. The fraction of sp³-hybridized carbons (Fsp3) is 0.357. The van der Waals surface area contributed by atoms with Crippen molar-refractivity contribution < 1.29 is 9.90 Å². The molecule has 0 spiro atoms. The normalized spacial score (nSPS) is 13.8. The molecule has 0 aliphatic heterocycles. The molecule has 0 saturated heterocycles. The standard InChI is InChI=1S/C14H17N3O2S/c1-9-6-11(16-8-15-9)14(19)17-10(2)7-12(18)13-4-3-5-20-13/h3-6,8,10,12,18H,7H2,1-2H3,(H,17,19). The number of nitrogens with zero attached hydrogens (tertiary/aromatic N) is 2. The number of nitrogens with one attached hydrogen (secondary N) is 1. The molecule has 106 valence electrons. The predicted molar refractivity (Wildman–Crippen MR) is 77.6 cm³/mol. The van der Waals surface area contributed by atoms with E-state index in [0.717, 1.165) is 10.6 Å². The zero-order valence-electron chi connectivity index (χ0n) is 11.4. The molecule has 2 N–H and O–H groups in total. The van der Waals surface area contributed by atoms with Crippen molar-refractivity contribution in [1.29, 1.82) is 0 Å². The first kappa shape index (κ1) is 14.6. The van der Waals surface area contributed by atoms with Crippen LogP contribution in [0.3, 0.4) is 0 Å². The number of rotatable bonds is 5. The van der Waals surface area contributed by atoms with Crippen molar-refractivity contribution in [1.82, 2.24) is 15.3 Å². The number of thiophene rings is 1. The SMILES string of the molecule is Cc1cc(C(=O)NC(C)CC(O)c2cccs2)ncn1. The fourth-order valence-electron chi connectivity index (χ4n) is 1.87. The lowest BCUT2D eigenvalue weighted by molar-refractivity contribution is 0.0913. The van der Waals surface area contributed by atoms with Gasteiger partial charge in [0.1, 0.15) is 12.0 Å². The zero-order chi connectivity index (χ0) is 14.5. The van der Waals surface area contributed by atoms with Gasteiger partial charge in [-0.2, -0.15) is 0 Å². The van der Waals surface area contributed by atoms with Crippen molar-refractivity contribution in [2.45, 2.75) is 32.4 Å². The van der Waals surface area contributed by atoms with Gasteiger partial charge in [-0.05, 0) is 37.8 Å². The minimum absolute atomic E-state index is 0.144. The molecule has 2 unspecified atom stereocenters. The van der Waals surface area contributed by atoms with Gasteiger partial charge in [0, 0.05) is 16.6 Å². The van der Waals surface area contributed by atoms with Crippen molar-refractivity contribution in [3.63, 3.8) is 0 Å². The largest absolute Gasteiger partial charge is 0.387 e. The van der Waals surface area contributed by atoms with Crippen LogP contribution in [0.1, 0.15) is 40.5 Å². The Hall–Kier alpha value is -1.79. The number of carbonyl (C=O) groups is 1. The van der Waals surface area contributed by atoms with Gasteiger partial charge >= 0.3 is 0 Å². The second kappa shape index (κ2) is 6.58. The van der Waals surface area contributed by atoms with E-state index >= 15 is 0 Å². The van der Waals surface area contributed by atoms with Gasteiger partial charge in [0.15, 0.2) is 0 Å². The highest BCUT2D eigenvalue weighted by molar-refractivity contribution is 7.10. The summed E-state index contributed by atoms with van der Waals surface area (Å²) in [6, 6.07) is 5.28. The van der Waals surface area contributed by atoms with E-state index in [9.17, 15) is 9.90 Å². The first-order valence-electron chi connectivity index (χ1n) is 6.37. The molecule has 5 nitrogen and oxygen atoms in total. The third kappa shape index (κ3) is 3.85. The molecule has 0 fully saturated rings. The number of amides is 1. The van der Waals surface area contributed by atoms with Crippen LogP contribution in [0.5, 0.6) is 0 Å². The Bertz CT molecular complexity index is 572. The highest BCUT2D eigenvalue weighted by Gasteiger charge is 2.16. The molecule has 0 bridgehead atoms. The summed E-state index contributed by atoms with van der Waals surface area (Å²) in [6.07, 6.45) is 1.28. The van der Waals surface area contributed by atoms with Crippen LogP contribution < -0.4 is 5.32 Å². The molecule has 0 aliphatic carbocycles.